The zero-order valence-electron chi connectivity index (χ0n) is 17.6. The van der Waals surface area contributed by atoms with E-state index in [1.54, 1.807) is 36.6 Å². The fourth-order valence-electron chi connectivity index (χ4n) is 2.82. The van der Waals surface area contributed by atoms with Crippen LogP contribution in [-0.4, -0.2) is 27.9 Å². The van der Waals surface area contributed by atoms with Crippen LogP contribution in [0.25, 0.3) is 10.4 Å². The maximum Gasteiger partial charge on any atom is 0.337 e. The number of benzene rings is 2. The summed E-state index contributed by atoms with van der Waals surface area (Å²) >= 11 is 24.9. The zero-order chi connectivity index (χ0) is 25.0. The average molecular weight is 557 g/mol. The van der Waals surface area contributed by atoms with Gasteiger partial charge in [0, 0.05) is 12.3 Å². The van der Waals surface area contributed by atoms with Crippen LogP contribution < -0.4 is 15.5 Å². The van der Waals surface area contributed by atoms with E-state index in [0.29, 0.717) is 37.6 Å². The second kappa shape index (κ2) is 11.2. The molecule has 0 spiro atoms. The molecule has 0 fully saturated rings. The summed E-state index contributed by atoms with van der Waals surface area (Å²) in [5, 5.41) is 18.9. The van der Waals surface area contributed by atoms with Crippen LogP contribution in [-0.2, 0) is 4.79 Å². The lowest BCUT2D eigenvalue weighted by Crippen LogP contribution is -2.25. The van der Waals surface area contributed by atoms with Gasteiger partial charge in [-0.15, -0.1) is 11.3 Å². The summed E-state index contributed by atoms with van der Waals surface area (Å²) in [4.78, 5) is 23.7. The topological polar surface area (TPSA) is 100 Å². The molecule has 0 aliphatic carbocycles. The van der Waals surface area contributed by atoms with Crippen LogP contribution in [0.4, 0.5) is 5.69 Å². The molecule has 3 rings (SSSR count). The third-order valence-electron chi connectivity index (χ3n) is 4.37. The fourth-order valence-corrected chi connectivity index (χ4v) is 4.56. The summed E-state index contributed by atoms with van der Waals surface area (Å²) in [6, 6.07) is 9.62. The van der Waals surface area contributed by atoms with Gasteiger partial charge in [-0.3, -0.25) is 10.2 Å². The summed E-state index contributed by atoms with van der Waals surface area (Å²) in [6.07, 6.45) is 0. The number of halogens is 3. The second-order valence-electron chi connectivity index (χ2n) is 6.77. The number of carbonyl (C=O) groups is 2. The van der Waals surface area contributed by atoms with E-state index in [1.165, 1.54) is 30.4 Å². The highest BCUT2D eigenvalue weighted by molar-refractivity contribution is 7.80. The van der Waals surface area contributed by atoms with Crippen molar-refractivity contribution < 1.29 is 19.4 Å². The van der Waals surface area contributed by atoms with Gasteiger partial charge in [0.2, 0.25) is 0 Å². The Hall–Kier alpha value is -2.69. The molecule has 0 aliphatic rings. The molecule has 0 unspecified atom stereocenters. The average Bonchev–Trinajstić information content (AvgIpc) is 3.18. The van der Waals surface area contributed by atoms with Crippen LogP contribution >= 0.6 is 58.4 Å². The fraction of sp³-hybridized carbons (Fsp3) is 0.0909. The lowest BCUT2D eigenvalue weighted by Gasteiger charge is -2.11. The molecule has 0 amide bonds. The Labute approximate surface area is 219 Å². The number of carboxylic acid groups (broad SMARTS) is 1. The minimum absolute atomic E-state index is 0.0149. The molecule has 0 bridgehead atoms. The Morgan fingerprint density at radius 1 is 1.09 bits per heavy atom. The van der Waals surface area contributed by atoms with Crippen molar-refractivity contribution >= 4 is 86.8 Å². The summed E-state index contributed by atoms with van der Waals surface area (Å²) in [5.41, 5.74) is 4.71. The quantitative estimate of drug-likeness (QED) is 0.134. The van der Waals surface area contributed by atoms with Crippen LogP contribution in [0.5, 0.6) is 5.75 Å². The molecule has 34 heavy (non-hydrogen) atoms. The number of hydrogen-bond donors (Lipinski definition) is 3. The number of aromatic carboxylic acids is 1. The van der Waals surface area contributed by atoms with Gasteiger partial charge < -0.3 is 15.2 Å². The predicted molar refractivity (Wildman–Crippen MR) is 141 cm³/mol. The van der Waals surface area contributed by atoms with Crippen molar-refractivity contribution in [2.24, 2.45) is 5.10 Å². The molecule has 3 aromatic rings. The molecule has 1 aromatic heterocycles. The summed E-state index contributed by atoms with van der Waals surface area (Å²) in [5.74, 6) is -1.32. The normalized spacial score (nSPS) is 11.1. The van der Waals surface area contributed by atoms with Crippen molar-refractivity contribution in [3.05, 3.63) is 68.0 Å². The maximum atomic E-state index is 11.8. The third kappa shape index (κ3) is 6.05. The lowest BCUT2D eigenvalue weighted by atomic mass is 10.1. The molecule has 0 radical (unpaired) electrons. The van der Waals surface area contributed by atoms with E-state index in [1.807, 2.05) is 0 Å². The standard InChI is InChI=1S/C22H16Cl3N3O4S2/c1-10(27-28-22(33)26-17-5-3-4-13(18(17)25)21(30)31)14-9-34-20(19(14)32-11(2)29)12-6-7-15(23)16(24)8-12/h3-9H,1-2H3,(H,30,31)(H2,26,28,33). The highest BCUT2D eigenvalue weighted by Gasteiger charge is 2.20. The smallest absolute Gasteiger partial charge is 0.337 e. The van der Waals surface area contributed by atoms with Crippen LogP contribution in [0.2, 0.25) is 15.1 Å². The van der Waals surface area contributed by atoms with Gasteiger partial charge in [0.1, 0.15) is 0 Å². The van der Waals surface area contributed by atoms with E-state index in [9.17, 15) is 14.7 Å². The number of hydrazone groups is 1. The Morgan fingerprint density at radius 3 is 2.47 bits per heavy atom. The zero-order valence-corrected chi connectivity index (χ0v) is 21.5. The number of nitrogens with one attached hydrogen (secondary N) is 2. The number of rotatable bonds is 6. The highest BCUT2D eigenvalue weighted by Crippen LogP contribution is 2.41. The van der Waals surface area contributed by atoms with Crippen molar-refractivity contribution in [3.8, 4) is 16.2 Å². The van der Waals surface area contributed by atoms with Crippen LogP contribution in [0, 0.1) is 0 Å². The number of carbonyl (C=O) groups excluding carboxylic acids is 1. The monoisotopic (exact) mass is 555 g/mol. The first-order chi connectivity index (χ1) is 16.1. The summed E-state index contributed by atoms with van der Waals surface area (Å²) < 4.78 is 5.48. The van der Waals surface area contributed by atoms with Crippen molar-refractivity contribution in [1.82, 2.24) is 5.43 Å². The molecular weight excluding hydrogens is 541 g/mol. The first-order valence-electron chi connectivity index (χ1n) is 9.47. The summed E-state index contributed by atoms with van der Waals surface area (Å²) in [6.45, 7) is 3.01. The maximum absolute atomic E-state index is 11.8. The van der Waals surface area contributed by atoms with E-state index in [4.69, 9.17) is 51.8 Å². The highest BCUT2D eigenvalue weighted by atomic mass is 35.5. The minimum atomic E-state index is -1.16. The Morgan fingerprint density at radius 2 is 1.82 bits per heavy atom. The Bertz CT molecular complexity index is 1320. The second-order valence-corrected chi connectivity index (χ2v) is 9.25. The van der Waals surface area contributed by atoms with Gasteiger partial charge in [0.15, 0.2) is 10.9 Å². The molecule has 0 saturated heterocycles. The molecule has 3 N–H and O–H groups in total. The van der Waals surface area contributed by atoms with Crippen molar-refractivity contribution in [2.75, 3.05) is 5.32 Å². The van der Waals surface area contributed by atoms with Crippen molar-refractivity contribution in [3.63, 3.8) is 0 Å². The Balaban J connectivity index is 1.85. The van der Waals surface area contributed by atoms with Gasteiger partial charge in [-0.1, -0.05) is 46.9 Å². The van der Waals surface area contributed by atoms with Gasteiger partial charge in [0.25, 0.3) is 0 Å². The van der Waals surface area contributed by atoms with E-state index in [2.05, 4.69) is 15.8 Å². The van der Waals surface area contributed by atoms with E-state index in [0.717, 1.165) is 5.56 Å². The molecule has 7 nitrogen and oxygen atoms in total. The number of thiocarbonyl (C=S) groups is 1. The van der Waals surface area contributed by atoms with E-state index in [-0.39, 0.29) is 15.7 Å². The minimum Gasteiger partial charge on any atom is -0.478 e. The molecule has 2 aromatic carbocycles. The first kappa shape index (κ1) is 25.9. The van der Waals surface area contributed by atoms with Crippen molar-refractivity contribution in [1.29, 1.82) is 0 Å². The SMILES string of the molecule is CC(=O)Oc1c(C(C)=NNC(=S)Nc2cccc(C(=O)O)c2Cl)csc1-c1ccc(Cl)c(Cl)c1. The molecule has 1 heterocycles. The molecule has 0 saturated carbocycles. The number of hydrogen-bond acceptors (Lipinski definition) is 6. The van der Waals surface area contributed by atoms with Gasteiger partial charge in [-0.25, -0.2) is 4.79 Å². The number of carboxylic acids is 1. The molecule has 12 heteroatoms. The van der Waals surface area contributed by atoms with Crippen LogP contribution in [0.15, 0.2) is 46.9 Å². The van der Waals surface area contributed by atoms with E-state index < -0.39 is 11.9 Å². The molecule has 176 valence electrons. The van der Waals surface area contributed by atoms with Crippen LogP contribution in [0.3, 0.4) is 0 Å². The molecular formula is C22H16Cl3N3O4S2. The summed E-state index contributed by atoms with van der Waals surface area (Å²) in [7, 11) is 0. The first-order valence-corrected chi connectivity index (χ1v) is 11.9. The van der Waals surface area contributed by atoms with Gasteiger partial charge in [-0.05, 0) is 49.0 Å². The largest absolute Gasteiger partial charge is 0.478 e. The van der Waals surface area contributed by atoms with Crippen molar-refractivity contribution in [2.45, 2.75) is 13.8 Å². The Kier molecular flexibility index (Phi) is 8.51. The number of nitrogens with zero attached hydrogens (tertiary/aromatic N) is 1. The van der Waals surface area contributed by atoms with Gasteiger partial charge in [0.05, 0.1) is 42.5 Å². The lowest BCUT2D eigenvalue weighted by molar-refractivity contribution is -0.131. The number of thiophene rings is 1. The van der Waals surface area contributed by atoms with Gasteiger partial charge >= 0.3 is 11.9 Å². The van der Waals surface area contributed by atoms with Crippen LogP contribution in [0.1, 0.15) is 29.8 Å². The number of anilines is 1. The number of esters is 1. The molecule has 0 aliphatic heterocycles. The predicted octanol–water partition coefficient (Wildman–Crippen LogP) is 6.71. The third-order valence-corrected chi connectivity index (χ3v) is 6.72. The number of ether oxygens (including phenoxy) is 1. The van der Waals surface area contributed by atoms with E-state index >= 15 is 0 Å². The van der Waals surface area contributed by atoms with Gasteiger partial charge in [-0.2, -0.15) is 5.10 Å². The molecule has 0 atom stereocenters.